The lowest BCUT2D eigenvalue weighted by Crippen LogP contribution is -2.29. The molecule has 0 unspecified atom stereocenters. The molecule has 0 bridgehead atoms. The lowest BCUT2D eigenvalue weighted by molar-refractivity contribution is -0.126. The van der Waals surface area contributed by atoms with Crippen LogP contribution in [-0.4, -0.2) is 111 Å². The zero-order valence-electron chi connectivity index (χ0n) is 34.8. The Morgan fingerprint density at radius 2 is 1.27 bits per heavy atom. The number of unbranched alkanes of at least 4 members (excludes halogenated alkanes) is 2. The number of fused-ring (bicyclic) bond motifs is 2. The van der Waals surface area contributed by atoms with Crippen molar-refractivity contribution in [2.75, 3.05) is 66.5 Å². The third-order valence-corrected chi connectivity index (χ3v) is 12.2. The zero-order valence-corrected chi connectivity index (χ0v) is 37.2. The summed E-state index contributed by atoms with van der Waals surface area (Å²) in [5.74, 6) is -2.47. The van der Waals surface area contributed by atoms with Crippen molar-refractivity contribution < 1.29 is 62.8 Å². The summed E-state index contributed by atoms with van der Waals surface area (Å²) in [5.41, 5.74) is 3.62. The summed E-state index contributed by atoms with van der Waals surface area (Å²) in [6.45, 7) is 2.96. The van der Waals surface area contributed by atoms with E-state index in [9.17, 15) is 53.3 Å². The highest BCUT2D eigenvalue weighted by Crippen LogP contribution is 2.41. The molecule has 0 spiro atoms. The van der Waals surface area contributed by atoms with Crippen LogP contribution in [0, 0.1) is 0 Å². The Kier molecular flexibility index (Phi) is 15.3. The van der Waals surface area contributed by atoms with Crippen LogP contribution in [0.1, 0.15) is 58.0 Å². The van der Waals surface area contributed by atoms with Crippen molar-refractivity contribution in [3.63, 3.8) is 0 Å². The van der Waals surface area contributed by atoms with Gasteiger partial charge in [0.25, 0.3) is 30.4 Å². The lowest BCUT2D eigenvalue weighted by atomic mass is 9.82. The number of carbonyl (C=O) groups is 3. The molecule has 0 fully saturated rings. The molecule has 0 aliphatic heterocycles. The molecule has 6 rings (SSSR count). The highest BCUT2D eigenvalue weighted by atomic mass is 32.2. The number of ketones is 2. The van der Waals surface area contributed by atoms with Crippen molar-refractivity contribution in [3.05, 3.63) is 95.1 Å². The van der Waals surface area contributed by atoms with Gasteiger partial charge in [-0.05, 0) is 48.9 Å². The molecule has 26 heteroatoms. The van der Waals surface area contributed by atoms with Gasteiger partial charge < -0.3 is 41.8 Å². The van der Waals surface area contributed by atoms with E-state index in [0.717, 1.165) is 49.6 Å². The first-order valence-corrected chi connectivity index (χ1v) is 24.1. The molecular formula is C40H43N9O14S3. The molecule has 0 atom stereocenters. The number of nitrogen functional groups attached to an aromatic ring is 1. The fourth-order valence-electron chi connectivity index (χ4n) is 6.50. The SMILES string of the molecule is CCCCCNC(=O)COCCOCCNc1nc(Nc2cccc(S(=O)(=O)O)c2)nc(Nc2ccc(Nc3cc(S(=O)(=O)O)c(N)c4c3C(=O)c3ccccc3C4=O)cc2S(=O)(=O)O)n1. The third-order valence-electron chi connectivity index (χ3n) is 9.52. The van der Waals surface area contributed by atoms with Crippen LogP contribution in [0.4, 0.5) is 46.3 Å². The van der Waals surface area contributed by atoms with Gasteiger partial charge in [-0.3, -0.25) is 28.0 Å². The van der Waals surface area contributed by atoms with Gasteiger partial charge >= 0.3 is 0 Å². The maximum atomic E-state index is 13.8. The second-order valence-corrected chi connectivity index (χ2v) is 18.5. The van der Waals surface area contributed by atoms with Crippen LogP contribution in [0.5, 0.6) is 0 Å². The van der Waals surface area contributed by atoms with E-state index >= 15 is 0 Å². The van der Waals surface area contributed by atoms with E-state index in [-0.39, 0.29) is 96.2 Å². The average Bonchev–Trinajstić information content (AvgIpc) is 3.25. The van der Waals surface area contributed by atoms with Crippen LogP contribution in [-0.2, 0) is 44.6 Å². The monoisotopic (exact) mass is 969 g/mol. The van der Waals surface area contributed by atoms with Crippen molar-refractivity contribution in [2.24, 2.45) is 0 Å². The van der Waals surface area contributed by atoms with Crippen molar-refractivity contribution in [1.29, 1.82) is 0 Å². The fourth-order valence-corrected chi connectivity index (χ4v) is 8.35. The lowest BCUT2D eigenvalue weighted by Gasteiger charge is -2.24. The Morgan fingerprint density at radius 1 is 0.636 bits per heavy atom. The van der Waals surface area contributed by atoms with Crippen molar-refractivity contribution in [3.8, 4) is 0 Å². The van der Waals surface area contributed by atoms with Gasteiger partial charge in [-0.25, -0.2) is 0 Å². The smallest absolute Gasteiger partial charge is 0.296 e. The molecule has 1 amide bonds. The number of amides is 1. The second-order valence-electron chi connectivity index (χ2n) is 14.3. The summed E-state index contributed by atoms with van der Waals surface area (Å²) in [7, 11) is -14.8. The quantitative estimate of drug-likeness (QED) is 0.0264. The van der Waals surface area contributed by atoms with Crippen molar-refractivity contribution in [2.45, 2.75) is 40.9 Å². The summed E-state index contributed by atoms with van der Waals surface area (Å²) in [6, 6.07) is 14.8. The number of anilines is 8. The van der Waals surface area contributed by atoms with Gasteiger partial charge in [-0.2, -0.15) is 40.2 Å². The molecule has 1 heterocycles. The molecule has 66 heavy (non-hydrogen) atoms. The van der Waals surface area contributed by atoms with E-state index in [1.807, 2.05) is 0 Å². The van der Waals surface area contributed by atoms with Crippen LogP contribution in [0.3, 0.4) is 0 Å². The van der Waals surface area contributed by atoms with E-state index in [1.165, 1.54) is 42.5 Å². The minimum absolute atomic E-state index is 0.0330. The van der Waals surface area contributed by atoms with Gasteiger partial charge in [0.1, 0.15) is 16.4 Å². The third kappa shape index (κ3) is 12.2. The summed E-state index contributed by atoms with van der Waals surface area (Å²) in [5, 5.41) is 13.8. The Bertz CT molecular complexity index is 3030. The maximum Gasteiger partial charge on any atom is 0.296 e. The number of nitrogens with two attached hydrogens (primary N) is 1. The number of nitrogens with zero attached hydrogens (tertiary/aromatic N) is 3. The van der Waals surface area contributed by atoms with Crippen LogP contribution in [0.25, 0.3) is 0 Å². The first-order chi connectivity index (χ1) is 31.2. The molecule has 1 aromatic heterocycles. The molecule has 0 radical (unpaired) electrons. The van der Waals surface area contributed by atoms with Gasteiger partial charge in [0.15, 0.2) is 11.6 Å². The number of hydrogen-bond acceptors (Lipinski definition) is 19. The Labute approximate surface area is 378 Å². The van der Waals surface area contributed by atoms with Gasteiger partial charge in [0, 0.05) is 35.6 Å². The fraction of sp³-hybridized carbons (Fsp3) is 0.250. The maximum absolute atomic E-state index is 13.8. The molecule has 350 valence electrons. The predicted octanol–water partition coefficient (Wildman–Crippen LogP) is 3.95. The Hall–Kier alpha value is -6.65. The largest absolute Gasteiger partial charge is 0.397 e. The summed E-state index contributed by atoms with van der Waals surface area (Å²) in [4.78, 5) is 49.9. The summed E-state index contributed by atoms with van der Waals surface area (Å²) >= 11 is 0. The topological polar surface area (TPSA) is 358 Å². The summed E-state index contributed by atoms with van der Waals surface area (Å²) in [6.07, 6.45) is 2.91. The highest BCUT2D eigenvalue weighted by Gasteiger charge is 2.36. The second kappa shape index (κ2) is 20.7. The zero-order chi connectivity index (χ0) is 47.8. The van der Waals surface area contributed by atoms with Crippen LogP contribution in [0.15, 0.2) is 87.5 Å². The number of hydrogen-bond donors (Lipinski definition) is 9. The average molecular weight is 970 g/mol. The standard InChI is InChI=1S/C40H43N9O14S3/c1-2-3-6-14-42-32(50)22-63-18-17-62-16-15-43-38-47-39(45-23-8-7-9-25(19-23)64(53,54)55)49-40(48-38)46-28-13-12-24(20-30(28)65(56,57)58)44-29-21-31(66(59,60)61)35(41)34-33(29)36(51)26-10-4-5-11-27(26)37(34)52/h4-5,7-13,19-21,44H,2-3,6,14-18,22,41H2,1H3,(H,42,50)(H,53,54,55)(H,56,57,58)(H,59,60,61)(H3,43,45,46,47,48,49). The number of benzene rings is 4. The van der Waals surface area contributed by atoms with Gasteiger partial charge in [0.05, 0.1) is 52.9 Å². The Morgan fingerprint density at radius 3 is 1.94 bits per heavy atom. The number of aromatic nitrogens is 3. The molecule has 4 aromatic carbocycles. The molecular weight excluding hydrogens is 927 g/mol. The van der Waals surface area contributed by atoms with Crippen LogP contribution in [0.2, 0.25) is 0 Å². The Balaban J connectivity index is 1.25. The highest BCUT2D eigenvalue weighted by molar-refractivity contribution is 7.86. The van der Waals surface area contributed by atoms with E-state index in [1.54, 1.807) is 0 Å². The van der Waals surface area contributed by atoms with E-state index < -0.39 is 67.9 Å². The normalized spacial score (nSPS) is 12.5. The minimum atomic E-state index is -5.12. The number of carbonyl (C=O) groups excluding carboxylic acids is 3. The van der Waals surface area contributed by atoms with Crippen LogP contribution < -0.4 is 32.3 Å². The molecule has 23 nitrogen and oxygen atoms in total. The van der Waals surface area contributed by atoms with Crippen molar-refractivity contribution in [1.82, 2.24) is 20.3 Å². The number of ether oxygens (including phenoxy) is 2. The van der Waals surface area contributed by atoms with Gasteiger partial charge in [-0.15, -0.1) is 0 Å². The predicted molar refractivity (Wildman–Crippen MR) is 239 cm³/mol. The first kappa shape index (κ1) is 48.8. The van der Waals surface area contributed by atoms with Crippen LogP contribution >= 0.6 is 0 Å². The minimum Gasteiger partial charge on any atom is -0.397 e. The number of rotatable bonds is 22. The molecule has 0 saturated carbocycles. The molecule has 10 N–H and O–H groups in total. The van der Waals surface area contributed by atoms with E-state index in [2.05, 4.69) is 48.5 Å². The van der Waals surface area contributed by atoms with E-state index in [4.69, 9.17) is 15.2 Å². The first-order valence-electron chi connectivity index (χ1n) is 19.8. The molecule has 1 aliphatic rings. The molecule has 5 aromatic rings. The molecule has 0 saturated heterocycles. The summed E-state index contributed by atoms with van der Waals surface area (Å²) < 4.78 is 115. The van der Waals surface area contributed by atoms with Crippen molar-refractivity contribution >= 4 is 94.1 Å². The van der Waals surface area contributed by atoms with Gasteiger partial charge in [0.2, 0.25) is 23.8 Å². The van der Waals surface area contributed by atoms with E-state index in [0.29, 0.717) is 6.54 Å². The van der Waals surface area contributed by atoms with Gasteiger partial charge in [-0.1, -0.05) is 50.1 Å². The molecule has 1 aliphatic carbocycles. The number of nitrogens with one attached hydrogen (secondary N) is 5.